The van der Waals surface area contributed by atoms with Gasteiger partial charge in [0.05, 0.1) is 24.2 Å². The molecular formula is C13H15N5O5S. The van der Waals surface area contributed by atoms with Gasteiger partial charge in [-0.25, -0.2) is 17.9 Å². The van der Waals surface area contributed by atoms with E-state index in [-0.39, 0.29) is 40.7 Å². The number of aromatic nitrogens is 3. The average Bonchev–Trinajstić information content (AvgIpc) is 2.83. The fourth-order valence-electron chi connectivity index (χ4n) is 2.56. The van der Waals surface area contributed by atoms with E-state index in [0.29, 0.717) is 0 Å². The Morgan fingerprint density at radius 1 is 1.46 bits per heavy atom. The van der Waals surface area contributed by atoms with Crippen LogP contribution < -0.4 is 11.1 Å². The third-order valence-electron chi connectivity index (χ3n) is 3.60. The lowest BCUT2D eigenvalue weighted by molar-refractivity contribution is 0.0932. The molecule has 10 nitrogen and oxygen atoms in total. The van der Waals surface area contributed by atoms with Gasteiger partial charge in [-0.1, -0.05) is 0 Å². The molecule has 2 aromatic heterocycles. The normalized spacial score (nSPS) is 16.7. The molecule has 1 fully saturated rings. The Morgan fingerprint density at radius 3 is 2.75 bits per heavy atom. The van der Waals surface area contributed by atoms with Crippen LogP contribution in [0.1, 0.15) is 26.5 Å². The van der Waals surface area contributed by atoms with E-state index < -0.39 is 27.7 Å². The largest absolute Gasteiger partial charge is 0.378 e. The lowest BCUT2D eigenvalue weighted by atomic mass is 10.2. The van der Waals surface area contributed by atoms with E-state index in [1.54, 1.807) is 0 Å². The Hall–Kier alpha value is -2.53. The molecule has 24 heavy (non-hydrogen) atoms. The summed E-state index contributed by atoms with van der Waals surface area (Å²) in [6.07, 6.45) is 1.35. The molecular weight excluding hydrogens is 338 g/mol. The van der Waals surface area contributed by atoms with Gasteiger partial charge in [-0.3, -0.25) is 9.59 Å². The molecule has 0 aromatic carbocycles. The van der Waals surface area contributed by atoms with Crippen LogP contribution in [0.5, 0.6) is 0 Å². The van der Waals surface area contributed by atoms with Gasteiger partial charge in [-0.05, 0) is 6.07 Å². The maximum atomic E-state index is 12.4. The number of nitrogens with zero attached hydrogens (tertiary/aromatic N) is 3. The molecule has 0 spiro atoms. The van der Waals surface area contributed by atoms with Crippen molar-refractivity contribution in [2.24, 2.45) is 5.73 Å². The molecule has 0 atom stereocenters. The van der Waals surface area contributed by atoms with Gasteiger partial charge in [0, 0.05) is 13.3 Å². The van der Waals surface area contributed by atoms with E-state index in [9.17, 15) is 18.0 Å². The first-order valence-corrected chi connectivity index (χ1v) is 8.81. The van der Waals surface area contributed by atoms with Crippen LogP contribution in [0.2, 0.25) is 0 Å². The lowest BCUT2D eigenvalue weighted by Gasteiger charge is -2.26. The van der Waals surface area contributed by atoms with Crippen molar-refractivity contribution in [2.75, 3.05) is 18.6 Å². The number of amides is 2. The molecule has 1 aliphatic rings. The summed E-state index contributed by atoms with van der Waals surface area (Å²) in [5.41, 5.74) is 5.98. The van der Waals surface area contributed by atoms with Gasteiger partial charge < -0.3 is 15.8 Å². The number of hydrogen-bond donors (Lipinski definition) is 2. The first-order chi connectivity index (χ1) is 11.3. The second-order valence-corrected chi connectivity index (χ2v) is 7.59. The van der Waals surface area contributed by atoms with Crippen molar-refractivity contribution >= 4 is 27.3 Å². The second kappa shape index (κ2) is 5.83. The molecule has 1 saturated heterocycles. The molecule has 0 bridgehead atoms. The van der Waals surface area contributed by atoms with Gasteiger partial charge in [0.25, 0.3) is 11.8 Å². The number of ether oxygens (including phenoxy) is 1. The highest BCUT2D eigenvalue weighted by molar-refractivity contribution is 7.92. The summed E-state index contributed by atoms with van der Waals surface area (Å²) in [5.74, 6) is -1.42. The van der Waals surface area contributed by atoms with Crippen LogP contribution >= 0.6 is 0 Å². The standard InChI is InChI=1S/C13H15N5O5S/c1-23-4-8-10(11(14)19)12-15-3-2-9(18(12)17-8)13(20)16-7-5-24(21,22)6-7/h2-3,7H,4-6H2,1H3,(H2,14,19)(H,16,20). The Bertz CT molecular complexity index is 924. The van der Waals surface area contributed by atoms with Crippen LogP contribution in [0.15, 0.2) is 12.3 Å². The van der Waals surface area contributed by atoms with Crippen LogP contribution in [0.3, 0.4) is 0 Å². The summed E-state index contributed by atoms with van der Waals surface area (Å²) in [6, 6.07) is 0.986. The van der Waals surface area contributed by atoms with Crippen molar-refractivity contribution in [1.82, 2.24) is 19.9 Å². The average molecular weight is 353 g/mol. The van der Waals surface area contributed by atoms with E-state index in [1.807, 2.05) is 0 Å². The monoisotopic (exact) mass is 353 g/mol. The Morgan fingerprint density at radius 2 is 2.17 bits per heavy atom. The maximum absolute atomic E-state index is 12.4. The van der Waals surface area contributed by atoms with Crippen LogP contribution in [-0.2, 0) is 21.2 Å². The predicted molar refractivity (Wildman–Crippen MR) is 82.1 cm³/mol. The highest BCUT2D eigenvalue weighted by atomic mass is 32.2. The van der Waals surface area contributed by atoms with Crippen LogP contribution in [-0.4, -0.2) is 59.5 Å². The smallest absolute Gasteiger partial charge is 0.270 e. The number of primary amides is 1. The van der Waals surface area contributed by atoms with Crippen molar-refractivity contribution in [3.63, 3.8) is 0 Å². The lowest BCUT2D eigenvalue weighted by Crippen LogP contribution is -2.53. The van der Waals surface area contributed by atoms with Crippen LogP contribution in [0, 0.1) is 0 Å². The molecule has 3 heterocycles. The first kappa shape index (κ1) is 16.3. The third-order valence-corrected chi connectivity index (χ3v) is 5.42. The van der Waals surface area contributed by atoms with Gasteiger partial charge in [-0.15, -0.1) is 0 Å². The minimum absolute atomic E-state index is 0.0313. The molecule has 128 valence electrons. The molecule has 0 unspecified atom stereocenters. The van der Waals surface area contributed by atoms with E-state index in [1.165, 1.54) is 23.9 Å². The van der Waals surface area contributed by atoms with E-state index in [4.69, 9.17) is 10.5 Å². The number of hydrogen-bond acceptors (Lipinski definition) is 7. The molecule has 1 aliphatic heterocycles. The number of nitrogens with one attached hydrogen (secondary N) is 1. The number of carbonyl (C=O) groups excluding carboxylic acids is 2. The van der Waals surface area contributed by atoms with Crippen molar-refractivity contribution in [1.29, 1.82) is 0 Å². The third kappa shape index (κ3) is 2.83. The molecule has 0 radical (unpaired) electrons. The Labute approximate surface area is 136 Å². The highest BCUT2D eigenvalue weighted by Crippen LogP contribution is 2.17. The topological polar surface area (TPSA) is 146 Å². The van der Waals surface area contributed by atoms with Gasteiger partial charge in [-0.2, -0.15) is 5.10 Å². The summed E-state index contributed by atoms with van der Waals surface area (Å²) >= 11 is 0. The molecule has 3 rings (SSSR count). The van der Waals surface area contributed by atoms with E-state index in [0.717, 1.165) is 0 Å². The summed E-state index contributed by atoms with van der Waals surface area (Å²) in [5, 5.41) is 6.79. The van der Waals surface area contributed by atoms with Crippen LogP contribution in [0.25, 0.3) is 5.65 Å². The number of nitrogens with two attached hydrogens (primary N) is 1. The van der Waals surface area contributed by atoms with Crippen molar-refractivity contribution in [3.05, 3.63) is 29.2 Å². The van der Waals surface area contributed by atoms with Gasteiger partial charge >= 0.3 is 0 Å². The SMILES string of the molecule is COCc1nn2c(C(=O)NC3CS(=O)(=O)C3)ccnc2c1C(N)=O. The molecule has 2 amide bonds. The quantitative estimate of drug-likeness (QED) is 0.665. The summed E-state index contributed by atoms with van der Waals surface area (Å²) in [7, 11) is -1.61. The van der Waals surface area contributed by atoms with Crippen LogP contribution in [0.4, 0.5) is 0 Å². The summed E-state index contributed by atoms with van der Waals surface area (Å²) < 4.78 is 28.5. The van der Waals surface area contributed by atoms with Gasteiger partial charge in [0.15, 0.2) is 15.5 Å². The zero-order chi connectivity index (χ0) is 17.5. The van der Waals surface area contributed by atoms with Crippen molar-refractivity contribution < 1.29 is 22.7 Å². The fraction of sp³-hybridized carbons (Fsp3) is 0.385. The number of carbonyl (C=O) groups is 2. The Kier molecular flexibility index (Phi) is 3.97. The number of rotatable bonds is 5. The zero-order valence-corrected chi connectivity index (χ0v) is 13.5. The number of sulfone groups is 1. The van der Waals surface area contributed by atoms with Gasteiger partial charge in [0.2, 0.25) is 0 Å². The van der Waals surface area contributed by atoms with E-state index in [2.05, 4.69) is 15.4 Å². The molecule has 0 aliphatic carbocycles. The molecule has 2 aromatic rings. The zero-order valence-electron chi connectivity index (χ0n) is 12.7. The molecule has 0 saturated carbocycles. The van der Waals surface area contributed by atoms with Crippen molar-refractivity contribution in [3.8, 4) is 0 Å². The van der Waals surface area contributed by atoms with Gasteiger partial charge in [0.1, 0.15) is 17.0 Å². The van der Waals surface area contributed by atoms with E-state index >= 15 is 0 Å². The first-order valence-electron chi connectivity index (χ1n) is 6.99. The minimum Gasteiger partial charge on any atom is -0.378 e. The predicted octanol–water partition coefficient (Wildman–Crippen LogP) is -1.50. The highest BCUT2D eigenvalue weighted by Gasteiger charge is 2.35. The second-order valence-electron chi connectivity index (χ2n) is 5.43. The minimum atomic E-state index is -3.05. The molecule has 11 heteroatoms. The maximum Gasteiger partial charge on any atom is 0.270 e. The number of methoxy groups -OCH3 is 1. The Balaban J connectivity index is 1.98. The number of fused-ring (bicyclic) bond motifs is 1. The summed E-state index contributed by atoms with van der Waals surface area (Å²) in [4.78, 5) is 28.1. The fourth-order valence-corrected chi connectivity index (χ4v) is 3.85. The molecule has 3 N–H and O–H groups in total. The van der Waals surface area contributed by atoms with Crippen molar-refractivity contribution in [2.45, 2.75) is 12.6 Å². The summed E-state index contributed by atoms with van der Waals surface area (Å²) in [6.45, 7) is 0.0313.